The minimum Gasteiger partial charge on any atom is -0.377 e. The van der Waals surface area contributed by atoms with Crippen LogP contribution in [-0.4, -0.2) is 18.5 Å². The van der Waals surface area contributed by atoms with Gasteiger partial charge in [0, 0.05) is 19.4 Å². The van der Waals surface area contributed by atoms with Gasteiger partial charge in [-0.3, -0.25) is 4.79 Å². The second-order valence-corrected chi connectivity index (χ2v) is 4.49. The molecule has 0 aromatic rings. The Balaban J connectivity index is 2.08. The van der Waals surface area contributed by atoms with Crippen molar-refractivity contribution in [2.75, 3.05) is 7.11 Å². The number of ketones is 1. The number of rotatable bonds is 1. The summed E-state index contributed by atoms with van der Waals surface area (Å²) in [4.78, 5) is 11.7. The SMILES string of the molecule is COC12CCC(=O)C1C1C=CC2C1. The zero-order chi connectivity index (χ0) is 9.05. The van der Waals surface area contributed by atoms with E-state index in [4.69, 9.17) is 4.74 Å². The Morgan fingerprint density at radius 1 is 1.54 bits per heavy atom. The molecule has 2 bridgehead atoms. The van der Waals surface area contributed by atoms with Crippen LogP contribution < -0.4 is 0 Å². The smallest absolute Gasteiger partial charge is 0.139 e. The van der Waals surface area contributed by atoms with Crippen molar-refractivity contribution in [1.29, 1.82) is 0 Å². The average molecular weight is 178 g/mol. The van der Waals surface area contributed by atoms with Gasteiger partial charge in [0.15, 0.2) is 0 Å². The molecule has 0 radical (unpaired) electrons. The van der Waals surface area contributed by atoms with Crippen LogP contribution >= 0.6 is 0 Å². The largest absolute Gasteiger partial charge is 0.377 e. The van der Waals surface area contributed by atoms with Crippen LogP contribution in [0.3, 0.4) is 0 Å². The van der Waals surface area contributed by atoms with Crippen molar-refractivity contribution < 1.29 is 9.53 Å². The highest BCUT2D eigenvalue weighted by molar-refractivity contribution is 5.86. The first-order chi connectivity index (χ1) is 6.28. The fraction of sp³-hybridized carbons (Fsp3) is 0.727. The van der Waals surface area contributed by atoms with Crippen LogP contribution in [0.25, 0.3) is 0 Å². The molecule has 0 aromatic heterocycles. The van der Waals surface area contributed by atoms with E-state index in [1.54, 1.807) is 7.11 Å². The van der Waals surface area contributed by atoms with Crippen molar-refractivity contribution in [3.63, 3.8) is 0 Å². The Morgan fingerprint density at radius 3 is 3.08 bits per heavy atom. The van der Waals surface area contributed by atoms with Gasteiger partial charge >= 0.3 is 0 Å². The molecule has 0 spiro atoms. The molecule has 13 heavy (non-hydrogen) atoms. The minimum atomic E-state index is -0.101. The molecule has 4 atom stereocenters. The van der Waals surface area contributed by atoms with Gasteiger partial charge in [-0.1, -0.05) is 12.2 Å². The van der Waals surface area contributed by atoms with Gasteiger partial charge < -0.3 is 4.74 Å². The van der Waals surface area contributed by atoms with Gasteiger partial charge in [-0.15, -0.1) is 0 Å². The highest BCUT2D eigenvalue weighted by Crippen LogP contribution is 2.58. The molecule has 0 aromatic carbocycles. The van der Waals surface area contributed by atoms with E-state index in [1.165, 1.54) is 0 Å². The van der Waals surface area contributed by atoms with E-state index in [9.17, 15) is 4.79 Å². The van der Waals surface area contributed by atoms with Gasteiger partial charge in [-0.25, -0.2) is 0 Å². The van der Waals surface area contributed by atoms with Crippen LogP contribution in [0.15, 0.2) is 12.2 Å². The molecule has 2 heteroatoms. The summed E-state index contributed by atoms with van der Waals surface area (Å²) >= 11 is 0. The summed E-state index contributed by atoms with van der Waals surface area (Å²) in [6.45, 7) is 0. The van der Waals surface area contributed by atoms with Crippen molar-refractivity contribution >= 4 is 5.78 Å². The number of carbonyl (C=O) groups excluding carboxylic acids is 1. The van der Waals surface area contributed by atoms with Gasteiger partial charge in [0.25, 0.3) is 0 Å². The second kappa shape index (κ2) is 2.24. The first-order valence-corrected chi connectivity index (χ1v) is 5.04. The van der Waals surface area contributed by atoms with Crippen molar-refractivity contribution in [3.05, 3.63) is 12.2 Å². The number of methoxy groups -OCH3 is 1. The first-order valence-electron chi connectivity index (χ1n) is 5.04. The molecule has 0 aliphatic heterocycles. The first kappa shape index (κ1) is 7.74. The molecular formula is C11H14O2. The Bertz CT molecular complexity index is 294. The maximum absolute atomic E-state index is 11.7. The summed E-state index contributed by atoms with van der Waals surface area (Å²) in [5, 5.41) is 0. The predicted octanol–water partition coefficient (Wildman–Crippen LogP) is 1.56. The monoisotopic (exact) mass is 178 g/mol. The maximum atomic E-state index is 11.7. The molecular weight excluding hydrogens is 164 g/mol. The molecule has 0 N–H and O–H groups in total. The molecule has 70 valence electrons. The molecule has 3 aliphatic rings. The Labute approximate surface area is 78.0 Å². The Hall–Kier alpha value is -0.630. The molecule has 2 nitrogen and oxygen atoms in total. The van der Waals surface area contributed by atoms with Crippen LogP contribution in [0.4, 0.5) is 0 Å². The summed E-state index contributed by atoms with van der Waals surface area (Å²) in [5.74, 6) is 1.62. The number of fused-ring (bicyclic) bond motifs is 5. The molecule has 4 unspecified atom stereocenters. The van der Waals surface area contributed by atoms with Gasteiger partial charge in [0.05, 0.1) is 11.5 Å². The van der Waals surface area contributed by atoms with Crippen molar-refractivity contribution in [2.24, 2.45) is 17.8 Å². The van der Waals surface area contributed by atoms with Gasteiger partial charge in [-0.05, 0) is 18.8 Å². The Kier molecular flexibility index (Phi) is 1.33. The highest BCUT2D eigenvalue weighted by Gasteiger charge is 2.62. The van der Waals surface area contributed by atoms with Crippen LogP contribution in [0.5, 0.6) is 0 Å². The number of carbonyl (C=O) groups is 1. The second-order valence-electron chi connectivity index (χ2n) is 4.49. The topological polar surface area (TPSA) is 26.3 Å². The fourth-order valence-corrected chi connectivity index (χ4v) is 3.64. The number of allylic oxidation sites excluding steroid dienone is 1. The zero-order valence-electron chi connectivity index (χ0n) is 7.82. The summed E-state index contributed by atoms with van der Waals surface area (Å²) in [7, 11) is 1.76. The lowest BCUT2D eigenvalue weighted by Gasteiger charge is -2.34. The normalized spacial score (nSPS) is 51.8. The third kappa shape index (κ3) is 0.715. The lowest BCUT2D eigenvalue weighted by molar-refractivity contribution is -0.127. The maximum Gasteiger partial charge on any atom is 0.139 e. The number of hydrogen-bond acceptors (Lipinski definition) is 2. The predicted molar refractivity (Wildman–Crippen MR) is 48.2 cm³/mol. The molecule has 2 fully saturated rings. The Morgan fingerprint density at radius 2 is 2.38 bits per heavy atom. The molecule has 0 saturated heterocycles. The van der Waals surface area contributed by atoms with E-state index in [0.717, 1.165) is 19.3 Å². The molecule has 0 amide bonds. The van der Waals surface area contributed by atoms with Gasteiger partial charge in [0.2, 0.25) is 0 Å². The summed E-state index contributed by atoms with van der Waals surface area (Å²) in [5.41, 5.74) is -0.101. The molecule has 3 rings (SSSR count). The van der Waals surface area contributed by atoms with E-state index in [1.807, 2.05) is 0 Å². The van der Waals surface area contributed by atoms with Crippen LogP contribution in [-0.2, 0) is 9.53 Å². The summed E-state index contributed by atoms with van der Waals surface area (Å²) < 4.78 is 5.65. The van der Waals surface area contributed by atoms with E-state index >= 15 is 0 Å². The van der Waals surface area contributed by atoms with E-state index in [0.29, 0.717) is 17.6 Å². The third-order valence-corrected chi connectivity index (χ3v) is 4.19. The van der Waals surface area contributed by atoms with Crippen molar-refractivity contribution in [2.45, 2.75) is 24.9 Å². The average Bonchev–Trinajstić information content (AvgIpc) is 2.77. The number of Topliss-reactive ketones (excluding diaryl/α,β-unsaturated/α-hetero) is 1. The molecule has 3 aliphatic carbocycles. The van der Waals surface area contributed by atoms with Crippen LogP contribution in [0.2, 0.25) is 0 Å². The fourth-order valence-electron chi connectivity index (χ4n) is 3.64. The zero-order valence-corrected chi connectivity index (χ0v) is 7.82. The van der Waals surface area contributed by atoms with E-state index in [-0.39, 0.29) is 11.5 Å². The standard InChI is InChI=1S/C11H14O2/c1-13-11-5-4-9(12)10(11)7-2-3-8(11)6-7/h2-3,7-8,10H,4-6H2,1H3. The van der Waals surface area contributed by atoms with Crippen molar-refractivity contribution in [1.82, 2.24) is 0 Å². The van der Waals surface area contributed by atoms with E-state index < -0.39 is 0 Å². The lowest BCUT2D eigenvalue weighted by atomic mass is 9.81. The van der Waals surface area contributed by atoms with Crippen LogP contribution in [0.1, 0.15) is 19.3 Å². The summed E-state index contributed by atoms with van der Waals surface area (Å²) in [6, 6.07) is 0. The van der Waals surface area contributed by atoms with Crippen molar-refractivity contribution in [3.8, 4) is 0 Å². The van der Waals surface area contributed by atoms with Crippen LogP contribution in [0, 0.1) is 17.8 Å². The quantitative estimate of drug-likeness (QED) is 0.569. The molecule has 0 heterocycles. The minimum absolute atomic E-state index is 0.101. The third-order valence-electron chi connectivity index (χ3n) is 4.19. The van der Waals surface area contributed by atoms with E-state index in [2.05, 4.69) is 12.2 Å². The van der Waals surface area contributed by atoms with Gasteiger partial charge in [-0.2, -0.15) is 0 Å². The number of hydrogen-bond donors (Lipinski definition) is 0. The van der Waals surface area contributed by atoms with Gasteiger partial charge in [0.1, 0.15) is 5.78 Å². The lowest BCUT2D eigenvalue weighted by Crippen LogP contribution is -2.41. The molecule has 2 saturated carbocycles. The number of ether oxygens (including phenoxy) is 1. The highest BCUT2D eigenvalue weighted by atomic mass is 16.5. The summed E-state index contributed by atoms with van der Waals surface area (Å²) in [6.07, 6.45) is 7.29.